The summed E-state index contributed by atoms with van der Waals surface area (Å²) in [5, 5.41) is -0.648. The quantitative estimate of drug-likeness (QED) is 0.116. The number of fused-ring (bicyclic) bond motifs is 10. The van der Waals surface area contributed by atoms with Gasteiger partial charge in [-0.25, -0.2) is 0 Å². The first-order valence-corrected chi connectivity index (χ1v) is 24.3. The zero-order valence-corrected chi connectivity index (χ0v) is 32.5. The second kappa shape index (κ2) is 12.9. The SMILES string of the molecule is [2H]c1c([2H])c([2H])c(P(=[Se])(c2ccc3c(c2)C2(c4ccccc4-3)c3ccccc3-c3ccc(P(=[Se])(c4c([2H])c([2H])c([2H])c([2H])c4[2H])c4c([2H])c([2H])c([2H])c([2H])c4[2H])cc32)c2c([2H])c([2H])c([2H])c([2H])c2[2H])c([2H])c1[2H]. The number of benzene rings is 8. The Balaban J connectivity index is 1.38. The summed E-state index contributed by atoms with van der Waals surface area (Å²) in [4.78, 5) is 0. The minimum atomic E-state index is -4.05. The van der Waals surface area contributed by atoms with Crippen LogP contribution in [0.2, 0.25) is 0 Å². The van der Waals surface area contributed by atoms with E-state index in [0.29, 0.717) is 22.3 Å². The zero-order valence-electron chi connectivity index (χ0n) is 47.3. The van der Waals surface area contributed by atoms with Gasteiger partial charge < -0.3 is 0 Å². The van der Waals surface area contributed by atoms with Gasteiger partial charge in [0, 0.05) is 0 Å². The Hall–Kier alpha value is -4.34. The van der Waals surface area contributed by atoms with Gasteiger partial charge in [0.05, 0.1) is 0 Å². The third-order valence-electron chi connectivity index (χ3n) is 9.99. The van der Waals surface area contributed by atoms with E-state index >= 15 is 0 Å². The molecule has 0 aromatic heterocycles. The van der Waals surface area contributed by atoms with E-state index in [9.17, 15) is 11.0 Å². The molecule has 0 bridgehead atoms. The normalized spacial score (nSPS) is 18.9. The van der Waals surface area contributed by atoms with Crippen LogP contribution in [0.5, 0.6) is 0 Å². The van der Waals surface area contributed by atoms with Crippen molar-refractivity contribution in [1.29, 1.82) is 0 Å². The number of hydrogen-bond donors (Lipinski definition) is 0. The van der Waals surface area contributed by atoms with Gasteiger partial charge in [0.25, 0.3) is 0 Å². The molecule has 0 heterocycles. The summed E-state index contributed by atoms with van der Waals surface area (Å²) in [6.07, 6.45) is 0. The predicted octanol–water partition coefficient (Wildman–Crippen LogP) is 8.78. The molecule has 4 heteroatoms. The summed E-state index contributed by atoms with van der Waals surface area (Å²) in [6.45, 7) is 0. The number of hydrogen-bond acceptors (Lipinski definition) is 0. The van der Waals surface area contributed by atoms with Crippen LogP contribution in [-0.2, 0) is 5.41 Å². The molecule has 2 aliphatic carbocycles. The molecular formula is C49H34P2Se2. The third-order valence-corrected chi connectivity index (χ3v) is 22.7. The van der Waals surface area contributed by atoms with Crippen LogP contribution in [0.4, 0.5) is 0 Å². The summed E-state index contributed by atoms with van der Waals surface area (Å²) >= 11 is 6.22. The topological polar surface area (TPSA) is 0 Å². The standard InChI is InChI=1S/C49H34P2Se2/c52-50(35-17-5-1-6-18-35,36-19-7-2-8-20-36)39-29-31-43-41-25-13-15-27-45(41)49(47(43)33-39)46-28-16-14-26-42(46)44-32-30-40(34-48(44)49)51(53,37-21-9-3-10-22-37)38-23-11-4-12-24-38/h1-34H/i1D,2D,3D,4D,5D,6D,7D,8D,9D,10D,11D,12D,17D,18D,19D,20D,21D,22D,23D,24D. The monoisotopic (exact) mass is 864 g/mol. The molecule has 0 radical (unpaired) electrons. The predicted molar refractivity (Wildman–Crippen MR) is 232 cm³/mol. The number of rotatable bonds is 6. The van der Waals surface area contributed by atoms with Gasteiger partial charge >= 0.3 is 356 Å². The molecule has 0 saturated carbocycles. The molecule has 252 valence electrons. The van der Waals surface area contributed by atoms with Crippen molar-refractivity contribution in [1.82, 2.24) is 0 Å². The van der Waals surface area contributed by atoms with Crippen molar-refractivity contribution in [3.8, 4) is 22.3 Å². The molecule has 0 aliphatic heterocycles. The molecule has 8 aromatic carbocycles. The molecule has 0 saturated heterocycles. The van der Waals surface area contributed by atoms with Crippen molar-refractivity contribution in [2.45, 2.75) is 5.41 Å². The second-order valence-electron chi connectivity index (χ2n) is 12.4. The summed E-state index contributed by atoms with van der Waals surface area (Å²) in [5.41, 5.74) is -3.93. The fraction of sp³-hybridized carbons (Fsp3) is 0.0204. The van der Waals surface area contributed by atoms with Gasteiger partial charge in [-0.15, -0.1) is 0 Å². The molecule has 10 rings (SSSR count). The van der Waals surface area contributed by atoms with E-state index in [0.717, 1.165) is 22.3 Å². The first kappa shape index (κ1) is 18.3. The molecular weight excluding hydrogens is 808 g/mol. The van der Waals surface area contributed by atoms with Gasteiger partial charge in [-0.3, -0.25) is 0 Å². The van der Waals surface area contributed by atoms with E-state index in [-0.39, 0.29) is 31.8 Å². The van der Waals surface area contributed by atoms with Crippen molar-refractivity contribution in [2.75, 3.05) is 0 Å². The fourth-order valence-corrected chi connectivity index (χ4v) is 16.0. The van der Waals surface area contributed by atoms with Crippen molar-refractivity contribution < 1.29 is 27.4 Å². The van der Waals surface area contributed by atoms with Crippen LogP contribution < -0.4 is 31.8 Å². The van der Waals surface area contributed by atoms with Gasteiger partial charge in [-0.05, 0) is 0 Å². The van der Waals surface area contributed by atoms with Crippen LogP contribution in [-0.4, -0.2) is 30.2 Å². The van der Waals surface area contributed by atoms with Crippen LogP contribution >= 0.6 is 11.0 Å². The summed E-state index contributed by atoms with van der Waals surface area (Å²) in [6, 6.07) is 12.2. The van der Waals surface area contributed by atoms with Gasteiger partial charge in [-0.1, -0.05) is 0 Å². The summed E-state index contributed by atoms with van der Waals surface area (Å²) < 4.78 is 179. The van der Waals surface area contributed by atoms with Gasteiger partial charge in [0.15, 0.2) is 0 Å². The maximum absolute atomic E-state index is 9.31. The van der Waals surface area contributed by atoms with Crippen LogP contribution in [0, 0.1) is 0 Å². The molecule has 53 heavy (non-hydrogen) atoms. The van der Waals surface area contributed by atoms with E-state index in [1.165, 1.54) is 0 Å². The molecule has 0 unspecified atom stereocenters. The minimum absolute atomic E-state index is 0.251. The van der Waals surface area contributed by atoms with Gasteiger partial charge in [-0.2, -0.15) is 0 Å². The van der Waals surface area contributed by atoms with Crippen molar-refractivity contribution in [3.63, 3.8) is 0 Å². The van der Waals surface area contributed by atoms with Crippen molar-refractivity contribution >= 4 is 73.0 Å². The Morgan fingerprint density at radius 3 is 0.981 bits per heavy atom. The van der Waals surface area contributed by atoms with Crippen LogP contribution in [0.1, 0.15) is 49.7 Å². The Morgan fingerprint density at radius 1 is 0.340 bits per heavy atom. The second-order valence-corrected chi connectivity index (χ2v) is 24.6. The Kier molecular flexibility index (Phi) is 4.46. The average molecular weight is 863 g/mol. The summed E-state index contributed by atoms with van der Waals surface area (Å²) in [7, 11) is 0. The Morgan fingerprint density at radius 2 is 0.642 bits per heavy atom. The molecule has 0 atom stereocenters. The maximum atomic E-state index is 9.31. The molecule has 1 spiro atoms. The fourth-order valence-electron chi connectivity index (χ4n) is 7.85. The molecule has 8 aromatic rings. The Labute approximate surface area is 355 Å². The van der Waals surface area contributed by atoms with Crippen molar-refractivity contribution in [2.24, 2.45) is 0 Å². The first-order chi connectivity index (χ1) is 34.3. The Bertz CT molecular complexity index is 3450. The zero-order chi connectivity index (χ0) is 53.0. The van der Waals surface area contributed by atoms with E-state index in [4.69, 9.17) is 16.4 Å². The molecule has 2 aliphatic rings. The molecule has 0 amide bonds. The van der Waals surface area contributed by atoms with E-state index in [1.54, 1.807) is 36.4 Å². The van der Waals surface area contributed by atoms with E-state index in [2.05, 4.69) is 30.2 Å². The van der Waals surface area contributed by atoms with Crippen molar-refractivity contribution in [3.05, 3.63) is 228 Å². The van der Waals surface area contributed by atoms with E-state index in [1.807, 2.05) is 48.5 Å². The van der Waals surface area contributed by atoms with Crippen LogP contribution in [0.3, 0.4) is 0 Å². The first-order valence-electron chi connectivity index (χ1n) is 26.3. The van der Waals surface area contributed by atoms with Crippen LogP contribution in [0.25, 0.3) is 22.3 Å². The van der Waals surface area contributed by atoms with Crippen LogP contribution in [0.15, 0.2) is 206 Å². The third kappa shape index (κ3) is 4.81. The van der Waals surface area contributed by atoms with Gasteiger partial charge in [0.1, 0.15) is 0 Å². The summed E-state index contributed by atoms with van der Waals surface area (Å²) in [5.74, 6) is 0. The van der Waals surface area contributed by atoms with E-state index < -0.39 is 137 Å². The molecule has 0 fully saturated rings. The molecule has 0 nitrogen and oxygen atoms in total. The van der Waals surface area contributed by atoms with Gasteiger partial charge in [0.2, 0.25) is 0 Å². The average Bonchev–Trinajstić information content (AvgIpc) is 3.85. The molecule has 0 N–H and O–H groups in total.